The molecule has 4 nitrogen and oxygen atoms in total. The molecule has 1 aliphatic heterocycles. The zero-order chi connectivity index (χ0) is 18.1. The largest absolute Gasteiger partial charge is 0.348 e. The molecule has 0 saturated carbocycles. The topological polar surface area (TPSA) is 42.3 Å². The van der Waals surface area contributed by atoms with Crippen LogP contribution in [0.25, 0.3) is 0 Å². The van der Waals surface area contributed by atoms with Crippen molar-refractivity contribution in [3.63, 3.8) is 0 Å². The Balaban J connectivity index is 1.73. The van der Waals surface area contributed by atoms with Gasteiger partial charge in [0.15, 0.2) is 0 Å². The Hall–Kier alpha value is -2.37. The first-order valence-corrected chi connectivity index (χ1v) is 10.4. The van der Waals surface area contributed by atoms with Crippen LogP contribution in [0.2, 0.25) is 0 Å². The van der Waals surface area contributed by atoms with Crippen molar-refractivity contribution < 1.29 is 8.42 Å². The minimum atomic E-state index is -3.45. The van der Waals surface area contributed by atoms with Gasteiger partial charge in [-0.25, -0.2) is 8.42 Å². The average molecular weight is 366 g/mol. The summed E-state index contributed by atoms with van der Waals surface area (Å²) in [6.07, 6.45) is 2.02. The highest BCUT2D eigenvalue weighted by Gasteiger charge is 2.36. The molecular formula is C21H22N2O2S. The first-order chi connectivity index (χ1) is 12.5. The van der Waals surface area contributed by atoms with Crippen LogP contribution >= 0.6 is 0 Å². The summed E-state index contributed by atoms with van der Waals surface area (Å²) >= 11 is 0. The van der Waals surface area contributed by atoms with Gasteiger partial charge in [-0.15, -0.1) is 0 Å². The van der Waals surface area contributed by atoms with Crippen molar-refractivity contribution in [1.29, 1.82) is 0 Å². The molecule has 0 radical (unpaired) electrons. The molecule has 4 rings (SSSR count). The van der Waals surface area contributed by atoms with Crippen molar-refractivity contribution in [1.82, 2.24) is 8.87 Å². The fourth-order valence-corrected chi connectivity index (χ4v) is 5.30. The van der Waals surface area contributed by atoms with Gasteiger partial charge in [0.25, 0.3) is 0 Å². The van der Waals surface area contributed by atoms with Gasteiger partial charge in [-0.05, 0) is 30.2 Å². The van der Waals surface area contributed by atoms with E-state index in [-0.39, 0.29) is 11.8 Å². The maximum atomic E-state index is 13.3. The van der Waals surface area contributed by atoms with Crippen LogP contribution in [-0.2, 0) is 22.3 Å². The second kappa shape index (κ2) is 6.74. The van der Waals surface area contributed by atoms with E-state index in [9.17, 15) is 8.42 Å². The highest BCUT2D eigenvalue weighted by atomic mass is 32.2. The van der Waals surface area contributed by atoms with Crippen molar-refractivity contribution in [2.75, 3.05) is 6.54 Å². The van der Waals surface area contributed by atoms with Crippen molar-refractivity contribution in [2.24, 2.45) is 0 Å². The number of hydrogen-bond donors (Lipinski definition) is 0. The lowest BCUT2D eigenvalue weighted by Crippen LogP contribution is -2.42. The molecule has 134 valence electrons. The van der Waals surface area contributed by atoms with E-state index in [4.69, 9.17) is 0 Å². The molecule has 0 aliphatic carbocycles. The van der Waals surface area contributed by atoms with Gasteiger partial charge < -0.3 is 4.57 Å². The lowest BCUT2D eigenvalue weighted by Gasteiger charge is -2.36. The fourth-order valence-electron chi connectivity index (χ4n) is 3.61. The molecule has 0 saturated heterocycles. The van der Waals surface area contributed by atoms with E-state index in [1.165, 1.54) is 0 Å². The highest BCUT2D eigenvalue weighted by Crippen LogP contribution is 2.35. The summed E-state index contributed by atoms with van der Waals surface area (Å²) in [4.78, 5) is 0. The maximum Gasteiger partial charge on any atom is 0.219 e. The Morgan fingerprint density at radius 2 is 1.65 bits per heavy atom. The second-order valence-electron chi connectivity index (χ2n) is 6.79. The number of hydrogen-bond acceptors (Lipinski definition) is 2. The van der Waals surface area contributed by atoms with E-state index in [2.05, 4.69) is 4.57 Å². The molecule has 1 aliphatic rings. The summed E-state index contributed by atoms with van der Waals surface area (Å²) in [5.74, 6) is 0.0251. The monoisotopic (exact) mass is 366 g/mol. The van der Waals surface area contributed by atoms with Crippen LogP contribution < -0.4 is 0 Å². The van der Waals surface area contributed by atoms with Gasteiger partial charge in [-0.2, -0.15) is 4.31 Å². The summed E-state index contributed by atoms with van der Waals surface area (Å²) < 4.78 is 30.4. The summed E-state index contributed by atoms with van der Waals surface area (Å²) in [6, 6.07) is 21.3. The van der Waals surface area contributed by atoms with E-state index in [1.807, 2.05) is 79.9 Å². The molecule has 5 heteroatoms. The highest BCUT2D eigenvalue weighted by molar-refractivity contribution is 7.88. The van der Waals surface area contributed by atoms with Crippen molar-refractivity contribution >= 4 is 10.0 Å². The maximum absolute atomic E-state index is 13.3. The summed E-state index contributed by atoms with van der Waals surface area (Å²) in [6.45, 7) is 3.16. The molecule has 1 unspecified atom stereocenters. The van der Waals surface area contributed by atoms with E-state index in [0.717, 1.165) is 22.4 Å². The summed E-state index contributed by atoms with van der Waals surface area (Å²) in [5, 5.41) is 0. The molecule has 1 aromatic heterocycles. The smallest absolute Gasteiger partial charge is 0.219 e. The van der Waals surface area contributed by atoms with Crippen molar-refractivity contribution in [3.8, 4) is 0 Å². The van der Waals surface area contributed by atoms with Gasteiger partial charge >= 0.3 is 0 Å². The Bertz CT molecular complexity index is 992. The van der Waals surface area contributed by atoms with E-state index in [1.54, 1.807) is 4.31 Å². The first kappa shape index (κ1) is 17.1. The first-order valence-electron chi connectivity index (χ1n) is 8.80. The van der Waals surface area contributed by atoms with Crippen LogP contribution in [0.15, 0.2) is 72.9 Å². The Morgan fingerprint density at radius 3 is 2.38 bits per heavy atom. The van der Waals surface area contributed by atoms with Gasteiger partial charge in [-0.3, -0.25) is 0 Å². The molecule has 2 heterocycles. The van der Waals surface area contributed by atoms with Crippen LogP contribution in [0.1, 0.15) is 28.4 Å². The molecule has 1 atom stereocenters. The lowest BCUT2D eigenvalue weighted by atomic mass is 10.0. The fraction of sp³-hybridized carbons (Fsp3) is 0.238. The van der Waals surface area contributed by atoms with Crippen LogP contribution in [-0.4, -0.2) is 23.8 Å². The molecule has 0 spiro atoms. The molecule has 0 fully saturated rings. The third-order valence-electron chi connectivity index (χ3n) is 4.94. The molecule has 2 aromatic carbocycles. The molecule has 0 bridgehead atoms. The normalized spacial score (nSPS) is 17.8. The standard InChI is InChI=1S/C21H22N2O2S/c1-17-9-11-18(12-10-17)16-26(24,25)23-15-14-22-13-5-8-20(22)21(23)19-6-3-2-4-7-19/h2-13,21H,14-16H2,1H3. The summed E-state index contributed by atoms with van der Waals surface area (Å²) in [5.41, 5.74) is 3.97. The number of fused-ring (bicyclic) bond motifs is 1. The zero-order valence-corrected chi connectivity index (χ0v) is 15.6. The van der Waals surface area contributed by atoms with Crippen molar-refractivity contribution in [2.45, 2.75) is 25.3 Å². The molecule has 0 N–H and O–H groups in total. The third-order valence-corrected chi connectivity index (χ3v) is 6.74. The van der Waals surface area contributed by atoms with Gasteiger partial charge in [0.2, 0.25) is 10.0 Å². The lowest BCUT2D eigenvalue weighted by molar-refractivity contribution is 0.298. The number of aryl methyl sites for hydroxylation is 1. The molecule has 0 amide bonds. The quantitative estimate of drug-likeness (QED) is 0.706. The number of sulfonamides is 1. The average Bonchev–Trinajstić information content (AvgIpc) is 3.12. The minimum absolute atomic E-state index is 0.0251. The Labute approximate surface area is 154 Å². The van der Waals surface area contributed by atoms with E-state index < -0.39 is 10.0 Å². The van der Waals surface area contributed by atoms with Crippen LogP contribution in [0.4, 0.5) is 0 Å². The van der Waals surface area contributed by atoms with E-state index in [0.29, 0.717) is 13.1 Å². The van der Waals surface area contributed by atoms with Crippen LogP contribution in [0, 0.1) is 6.92 Å². The predicted molar refractivity (Wildman–Crippen MR) is 103 cm³/mol. The van der Waals surface area contributed by atoms with Gasteiger partial charge in [0, 0.05) is 25.0 Å². The van der Waals surface area contributed by atoms with Gasteiger partial charge in [0.05, 0.1) is 11.8 Å². The number of aromatic nitrogens is 1. The minimum Gasteiger partial charge on any atom is -0.348 e. The number of rotatable bonds is 4. The van der Waals surface area contributed by atoms with Gasteiger partial charge in [-0.1, -0.05) is 60.2 Å². The number of nitrogens with zero attached hydrogens (tertiary/aromatic N) is 2. The Kier molecular flexibility index (Phi) is 4.42. The zero-order valence-electron chi connectivity index (χ0n) is 14.7. The van der Waals surface area contributed by atoms with Crippen LogP contribution in [0.3, 0.4) is 0 Å². The third kappa shape index (κ3) is 3.20. The van der Waals surface area contributed by atoms with E-state index >= 15 is 0 Å². The molecule has 26 heavy (non-hydrogen) atoms. The second-order valence-corrected chi connectivity index (χ2v) is 8.71. The molecule has 3 aromatic rings. The predicted octanol–water partition coefficient (Wildman–Crippen LogP) is 3.73. The number of benzene rings is 2. The Morgan fingerprint density at radius 1 is 0.923 bits per heavy atom. The van der Waals surface area contributed by atoms with Crippen molar-refractivity contribution in [3.05, 3.63) is 95.3 Å². The molecular weight excluding hydrogens is 344 g/mol. The SMILES string of the molecule is Cc1ccc(CS(=O)(=O)N2CCn3cccc3C2c2ccccc2)cc1. The summed E-state index contributed by atoms with van der Waals surface area (Å²) in [7, 11) is -3.45. The van der Waals surface area contributed by atoms with Crippen LogP contribution in [0.5, 0.6) is 0 Å². The van der Waals surface area contributed by atoms with Gasteiger partial charge in [0.1, 0.15) is 0 Å².